The minimum atomic E-state index is -1.35. The van der Waals surface area contributed by atoms with Gasteiger partial charge < -0.3 is 50.8 Å². The summed E-state index contributed by atoms with van der Waals surface area (Å²) in [4.78, 5) is 84.6. The summed E-state index contributed by atoms with van der Waals surface area (Å²) in [7, 11) is 4.64. The largest absolute Gasteiger partial charge is 0.480 e. The fourth-order valence-corrected chi connectivity index (χ4v) is 8.05. The van der Waals surface area contributed by atoms with Gasteiger partial charge in [0.1, 0.15) is 17.6 Å². The van der Waals surface area contributed by atoms with Gasteiger partial charge in [-0.2, -0.15) is 0 Å². The van der Waals surface area contributed by atoms with Gasteiger partial charge in [0.25, 0.3) is 0 Å². The molecule has 16 heteroatoms. The van der Waals surface area contributed by atoms with Gasteiger partial charge >= 0.3 is 5.97 Å². The number of rotatable bonds is 26. The summed E-state index contributed by atoms with van der Waals surface area (Å²) in [5.41, 5.74) is 4.33. The van der Waals surface area contributed by atoms with Crippen molar-refractivity contribution in [3.8, 4) is 0 Å². The average molecular weight is 889 g/mol. The van der Waals surface area contributed by atoms with Crippen molar-refractivity contribution >= 4 is 35.5 Å². The summed E-state index contributed by atoms with van der Waals surface area (Å²) in [6.07, 6.45) is 0.997. The molecule has 5 amide bonds. The van der Waals surface area contributed by atoms with E-state index in [0.717, 1.165) is 5.56 Å². The zero-order chi connectivity index (χ0) is 48.0. The van der Waals surface area contributed by atoms with Gasteiger partial charge in [-0.25, -0.2) is 4.79 Å². The molecule has 1 aromatic carbocycles. The summed E-state index contributed by atoms with van der Waals surface area (Å²) in [5.74, 6) is -4.36. The van der Waals surface area contributed by atoms with Gasteiger partial charge in [0.15, 0.2) is 0 Å². The number of carbonyl (C=O) groups excluding carboxylic acids is 5. The number of amides is 5. The van der Waals surface area contributed by atoms with Crippen LogP contribution < -0.4 is 21.7 Å². The lowest BCUT2D eigenvalue weighted by molar-refractivity contribution is -0.148. The predicted octanol–water partition coefficient (Wildman–Crippen LogP) is 4.07. The summed E-state index contributed by atoms with van der Waals surface area (Å²) >= 11 is 0. The maximum absolute atomic E-state index is 14.4. The van der Waals surface area contributed by atoms with Crippen LogP contribution in [0.5, 0.6) is 0 Å². The van der Waals surface area contributed by atoms with E-state index >= 15 is 0 Å². The van der Waals surface area contributed by atoms with Crippen molar-refractivity contribution in [2.75, 3.05) is 34.4 Å². The van der Waals surface area contributed by atoms with Crippen LogP contribution in [0.1, 0.15) is 120 Å². The smallest absolute Gasteiger partial charge is 0.326 e. The number of likely N-dealkylation sites (tertiary alicyclic amines) is 1. The number of carboxylic acid groups (broad SMARTS) is 1. The molecule has 2 rings (SSSR count). The third-order valence-corrected chi connectivity index (χ3v) is 12.2. The molecular formula is C47H80N6O10. The standard InChI is InChI=1S/C47H80N6O10/c1-15-30(4)39(52(12)42(57)38(29(2)3)50-44(60)47(10,11)51-36(54)23-24-46(8,9)63-28-45(6,7)48)35(61-13)27-37(55)53-25-19-22-34(53)40(62-14)31(5)41(56)49-33(43(58)59)26-32-20-17-16-18-21-32/h16-18,20-21,29-31,33-35,38-40H,15,19,22-28,48H2,1-14H3,(H,49,56)(H,50,60)(H,51,54)(H,58,59). The van der Waals surface area contributed by atoms with Gasteiger partial charge in [-0.3, -0.25) is 24.0 Å². The van der Waals surface area contributed by atoms with E-state index in [4.69, 9.17) is 19.9 Å². The highest BCUT2D eigenvalue weighted by Gasteiger charge is 2.44. The van der Waals surface area contributed by atoms with Crippen molar-refractivity contribution in [2.24, 2.45) is 23.5 Å². The van der Waals surface area contributed by atoms with E-state index in [-0.39, 0.29) is 48.8 Å². The SMILES string of the molecule is CCC(C)C(C(CC(=O)N1CCCC1C(OC)C(C)C(=O)NC(Cc1ccccc1)C(=O)O)OC)N(C)C(=O)C(NC(=O)C(C)(C)NC(=O)CCC(C)(C)OCC(C)(C)N)C(C)C. The summed E-state index contributed by atoms with van der Waals surface area (Å²) in [6.45, 7) is 20.7. The molecule has 0 radical (unpaired) electrons. The summed E-state index contributed by atoms with van der Waals surface area (Å²) in [6, 6.07) is 5.90. The number of likely N-dealkylation sites (N-methyl/N-ethyl adjacent to an activating group) is 1. The highest BCUT2D eigenvalue weighted by molar-refractivity contribution is 5.94. The topological polar surface area (TPSA) is 219 Å². The summed E-state index contributed by atoms with van der Waals surface area (Å²) < 4.78 is 17.8. The molecule has 0 saturated carbocycles. The number of hydrogen-bond acceptors (Lipinski definition) is 10. The number of carboxylic acids is 1. The molecule has 16 nitrogen and oxygen atoms in total. The Bertz CT molecular complexity index is 1660. The second-order valence-electron chi connectivity index (χ2n) is 19.6. The first-order chi connectivity index (χ1) is 29.2. The highest BCUT2D eigenvalue weighted by Crippen LogP contribution is 2.30. The molecule has 0 bridgehead atoms. The maximum Gasteiger partial charge on any atom is 0.326 e. The lowest BCUT2D eigenvalue weighted by Gasteiger charge is -2.41. The Labute approximate surface area is 376 Å². The van der Waals surface area contributed by atoms with Crippen LogP contribution in [0, 0.1) is 17.8 Å². The first-order valence-electron chi connectivity index (χ1n) is 22.4. The third-order valence-electron chi connectivity index (χ3n) is 12.2. The van der Waals surface area contributed by atoms with Crippen molar-refractivity contribution in [1.82, 2.24) is 25.8 Å². The molecule has 1 aliphatic rings. The fourth-order valence-electron chi connectivity index (χ4n) is 8.05. The third kappa shape index (κ3) is 16.7. The number of ether oxygens (including phenoxy) is 3. The number of methoxy groups -OCH3 is 2. The normalized spacial score (nSPS) is 18.1. The molecule has 63 heavy (non-hydrogen) atoms. The van der Waals surface area contributed by atoms with Crippen LogP contribution in [-0.2, 0) is 49.4 Å². The first kappa shape index (κ1) is 55.0. The number of hydrogen-bond donors (Lipinski definition) is 5. The van der Waals surface area contributed by atoms with E-state index in [0.29, 0.717) is 38.8 Å². The van der Waals surface area contributed by atoms with E-state index in [1.807, 2.05) is 61.5 Å². The number of benzene rings is 1. The second kappa shape index (κ2) is 24.2. The molecule has 1 heterocycles. The van der Waals surface area contributed by atoms with E-state index in [2.05, 4.69) is 16.0 Å². The van der Waals surface area contributed by atoms with Crippen LogP contribution in [-0.4, -0.2) is 138 Å². The molecule has 0 spiro atoms. The van der Waals surface area contributed by atoms with Crippen molar-refractivity contribution in [3.63, 3.8) is 0 Å². The molecule has 1 aromatic rings. The Kier molecular flexibility index (Phi) is 21.2. The van der Waals surface area contributed by atoms with E-state index in [1.54, 1.807) is 61.9 Å². The lowest BCUT2D eigenvalue weighted by atomic mass is 9.89. The van der Waals surface area contributed by atoms with Crippen molar-refractivity contribution < 1.29 is 48.1 Å². The minimum Gasteiger partial charge on any atom is -0.480 e. The van der Waals surface area contributed by atoms with Gasteiger partial charge in [-0.15, -0.1) is 0 Å². The Morgan fingerprint density at radius 3 is 2.10 bits per heavy atom. The van der Waals surface area contributed by atoms with Crippen LogP contribution in [0.15, 0.2) is 30.3 Å². The quantitative estimate of drug-likeness (QED) is 0.0894. The Balaban J connectivity index is 2.21. The van der Waals surface area contributed by atoms with Gasteiger partial charge in [0, 0.05) is 46.2 Å². The van der Waals surface area contributed by atoms with Gasteiger partial charge in [0.05, 0.1) is 48.8 Å². The first-order valence-corrected chi connectivity index (χ1v) is 22.4. The number of aliphatic carboxylic acids is 1. The highest BCUT2D eigenvalue weighted by atomic mass is 16.5. The molecule has 358 valence electrons. The summed E-state index contributed by atoms with van der Waals surface area (Å²) in [5, 5.41) is 18.3. The number of carbonyl (C=O) groups is 6. The predicted molar refractivity (Wildman–Crippen MR) is 242 cm³/mol. The number of nitrogens with one attached hydrogen (secondary N) is 3. The number of nitrogens with zero attached hydrogens (tertiary/aromatic N) is 2. The van der Waals surface area contributed by atoms with Crippen LogP contribution >= 0.6 is 0 Å². The van der Waals surface area contributed by atoms with E-state index < -0.39 is 76.8 Å². The van der Waals surface area contributed by atoms with Crippen molar-refractivity contribution in [1.29, 1.82) is 0 Å². The number of nitrogens with two attached hydrogens (primary N) is 1. The monoisotopic (exact) mass is 889 g/mol. The molecular weight excluding hydrogens is 809 g/mol. The van der Waals surface area contributed by atoms with Gasteiger partial charge in [-0.05, 0) is 78.2 Å². The van der Waals surface area contributed by atoms with Crippen LogP contribution in [0.2, 0.25) is 0 Å². The molecule has 8 unspecified atom stereocenters. The van der Waals surface area contributed by atoms with Gasteiger partial charge in [0.2, 0.25) is 29.5 Å². The zero-order valence-corrected chi connectivity index (χ0v) is 40.5. The molecule has 0 aromatic heterocycles. The van der Waals surface area contributed by atoms with E-state index in [9.17, 15) is 33.9 Å². The van der Waals surface area contributed by atoms with Gasteiger partial charge in [-0.1, -0.05) is 71.4 Å². The van der Waals surface area contributed by atoms with Crippen molar-refractivity contribution in [2.45, 2.75) is 174 Å². The molecule has 1 saturated heterocycles. The Hall–Kier alpha value is -4.12. The Morgan fingerprint density at radius 1 is 0.952 bits per heavy atom. The molecule has 1 fully saturated rings. The molecule has 1 aliphatic heterocycles. The van der Waals surface area contributed by atoms with Crippen LogP contribution in [0.25, 0.3) is 0 Å². The molecule has 0 aliphatic carbocycles. The Morgan fingerprint density at radius 2 is 1.57 bits per heavy atom. The van der Waals surface area contributed by atoms with Crippen molar-refractivity contribution in [3.05, 3.63) is 35.9 Å². The minimum absolute atomic E-state index is 0.0710. The fraction of sp³-hybridized carbons (Fsp3) is 0.745. The van der Waals surface area contributed by atoms with Crippen LogP contribution in [0.4, 0.5) is 0 Å². The average Bonchev–Trinajstić information content (AvgIpc) is 3.70. The maximum atomic E-state index is 14.4. The van der Waals surface area contributed by atoms with Crippen LogP contribution in [0.3, 0.4) is 0 Å². The lowest BCUT2D eigenvalue weighted by Crippen LogP contribution is -2.62. The molecule has 8 atom stereocenters. The van der Waals surface area contributed by atoms with E-state index in [1.165, 1.54) is 14.2 Å². The second-order valence-corrected chi connectivity index (χ2v) is 19.6. The molecule has 6 N–H and O–H groups in total. The zero-order valence-electron chi connectivity index (χ0n) is 40.5.